The zero-order chi connectivity index (χ0) is 26.3. The third-order valence-electron chi connectivity index (χ3n) is 4.22. The Hall–Kier alpha value is -2.49. The molecule has 192 valence electrons. The number of carbonyl (C=O) groups excluding carboxylic acids is 1. The first-order valence-electron chi connectivity index (χ1n) is 10.5. The van der Waals surface area contributed by atoms with Crippen molar-refractivity contribution in [3.63, 3.8) is 0 Å². The molecule has 0 aliphatic heterocycles. The number of benzene rings is 1. The minimum atomic E-state index is -4.64. The molecule has 1 aromatic rings. The molecule has 1 rings (SSSR count). The van der Waals surface area contributed by atoms with Crippen molar-refractivity contribution in [1.29, 1.82) is 0 Å². The summed E-state index contributed by atoms with van der Waals surface area (Å²) >= 11 is 6.09. The summed E-state index contributed by atoms with van der Waals surface area (Å²) in [4.78, 5) is 12.7. The van der Waals surface area contributed by atoms with E-state index >= 15 is 0 Å². The topological polar surface area (TPSA) is 77.0 Å². The highest BCUT2D eigenvalue weighted by atomic mass is 35.5. The van der Waals surface area contributed by atoms with Crippen molar-refractivity contribution in [2.24, 2.45) is 0 Å². The highest BCUT2D eigenvalue weighted by molar-refractivity contribution is 6.31. The number of methoxy groups -OCH3 is 2. The quantitative estimate of drug-likeness (QED) is 0.203. The summed E-state index contributed by atoms with van der Waals surface area (Å²) in [6, 6.07) is 2.89. The fourth-order valence-electron chi connectivity index (χ4n) is 2.21. The molecule has 0 fully saturated rings. The molecule has 34 heavy (non-hydrogen) atoms. The number of carbonyl (C=O) groups is 1. The summed E-state index contributed by atoms with van der Waals surface area (Å²) in [6.45, 7) is 9.23. The summed E-state index contributed by atoms with van der Waals surface area (Å²) in [5.41, 5.74) is -0.896. The molecule has 0 aromatic heterocycles. The monoisotopic (exact) mass is 507 g/mol. The van der Waals surface area contributed by atoms with Gasteiger partial charge in [-0.05, 0) is 31.2 Å². The van der Waals surface area contributed by atoms with Gasteiger partial charge >= 0.3 is 6.18 Å². The summed E-state index contributed by atoms with van der Waals surface area (Å²) in [5, 5.41) is 12.3. The zero-order valence-electron chi connectivity index (χ0n) is 20.1. The summed E-state index contributed by atoms with van der Waals surface area (Å²) in [7, 11) is 2.87. The number of amides is 1. The van der Waals surface area contributed by atoms with E-state index in [1.54, 1.807) is 6.07 Å². The smallest absolute Gasteiger partial charge is 0.415 e. The highest BCUT2D eigenvalue weighted by Crippen LogP contribution is 2.29. The molecule has 0 heterocycles. The first-order chi connectivity index (χ1) is 15.9. The van der Waals surface area contributed by atoms with E-state index in [0.717, 1.165) is 6.08 Å². The van der Waals surface area contributed by atoms with E-state index in [4.69, 9.17) is 25.8 Å². The maximum Gasteiger partial charge on any atom is 0.415 e. The number of allylic oxidation sites excluding steroid dienone is 4. The Bertz CT molecular complexity index is 861. The molecule has 0 saturated carbocycles. The minimum Gasteiger partial charge on any atom is -0.510 e. The van der Waals surface area contributed by atoms with Crippen molar-refractivity contribution >= 4 is 17.5 Å². The van der Waals surface area contributed by atoms with Gasteiger partial charge in [0.2, 0.25) is 0 Å². The summed E-state index contributed by atoms with van der Waals surface area (Å²) in [5.74, 6) is -0.982. The summed E-state index contributed by atoms with van der Waals surface area (Å²) < 4.78 is 53.4. The van der Waals surface area contributed by atoms with Crippen LogP contribution in [0.4, 0.5) is 13.2 Å². The van der Waals surface area contributed by atoms with Crippen LogP contribution >= 0.6 is 11.6 Å². The third-order valence-corrected chi connectivity index (χ3v) is 4.44. The number of alkyl halides is 3. The van der Waals surface area contributed by atoms with Crippen molar-refractivity contribution in [3.05, 3.63) is 64.0 Å². The van der Waals surface area contributed by atoms with Crippen molar-refractivity contribution in [3.8, 4) is 5.75 Å². The molecule has 0 aliphatic rings. The molecular formula is C24H33ClF3NO5. The Kier molecular flexibility index (Phi) is 15.0. The zero-order valence-corrected chi connectivity index (χ0v) is 20.9. The van der Waals surface area contributed by atoms with Gasteiger partial charge < -0.3 is 24.6 Å². The van der Waals surface area contributed by atoms with Gasteiger partial charge in [0.1, 0.15) is 11.5 Å². The van der Waals surface area contributed by atoms with Crippen LogP contribution in [-0.2, 0) is 16.1 Å². The minimum absolute atomic E-state index is 0.0112. The Balaban J connectivity index is 0.00000251. The van der Waals surface area contributed by atoms with Crippen LogP contribution < -0.4 is 10.1 Å². The second kappa shape index (κ2) is 16.2. The molecule has 0 radical (unpaired) electrons. The van der Waals surface area contributed by atoms with Crippen molar-refractivity contribution in [1.82, 2.24) is 5.32 Å². The van der Waals surface area contributed by atoms with Crippen LogP contribution in [0.2, 0.25) is 5.02 Å². The maximum absolute atomic E-state index is 12.7. The van der Waals surface area contributed by atoms with Crippen molar-refractivity contribution in [2.75, 3.05) is 27.4 Å². The maximum atomic E-state index is 12.7. The number of rotatable bonds is 11. The SMILES string of the molecule is C=C(/C=C\C(NC(=O)c1cc(Cl)cc(COCCOC)c1OC)=C(/C)O)C(F)(F)F.CCCC. The molecule has 0 atom stereocenters. The Morgan fingerprint density at radius 3 is 2.26 bits per heavy atom. The lowest BCUT2D eigenvalue weighted by Gasteiger charge is -2.15. The van der Waals surface area contributed by atoms with E-state index in [-0.39, 0.29) is 28.6 Å². The molecule has 0 unspecified atom stereocenters. The van der Waals surface area contributed by atoms with Gasteiger partial charge in [0.05, 0.1) is 38.2 Å². The fourth-order valence-corrected chi connectivity index (χ4v) is 2.45. The largest absolute Gasteiger partial charge is 0.510 e. The van der Waals surface area contributed by atoms with E-state index < -0.39 is 23.4 Å². The number of unbranched alkanes of at least 4 members (excludes halogenated alkanes) is 1. The number of hydrogen-bond acceptors (Lipinski definition) is 5. The van der Waals surface area contributed by atoms with E-state index in [1.807, 2.05) is 0 Å². The molecule has 1 amide bonds. The van der Waals surface area contributed by atoms with Gasteiger partial charge in [0.25, 0.3) is 5.91 Å². The van der Waals surface area contributed by atoms with Crippen LogP contribution in [0, 0.1) is 0 Å². The van der Waals surface area contributed by atoms with E-state index in [0.29, 0.717) is 24.9 Å². The van der Waals surface area contributed by atoms with Gasteiger partial charge in [-0.25, -0.2) is 0 Å². The molecule has 0 aliphatic carbocycles. The Labute approximate surface area is 204 Å². The number of halogens is 4. The molecule has 0 saturated heterocycles. The van der Waals surface area contributed by atoms with Gasteiger partial charge in [-0.15, -0.1) is 0 Å². The second-order valence-corrected chi connectivity index (χ2v) is 7.44. The van der Waals surface area contributed by atoms with Gasteiger partial charge in [0.15, 0.2) is 0 Å². The van der Waals surface area contributed by atoms with Crippen LogP contribution in [0.15, 0.2) is 47.9 Å². The number of nitrogens with one attached hydrogen (secondary N) is 1. The first-order valence-corrected chi connectivity index (χ1v) is 10.9. The number of ether oxygens (including phenoxy) is 3. The predicted molar refractivity (Wildman–Crippen MR) is 127 cm³/mol. The first kappa shape index (κ1) is 31.5. The highest BCUT2D eigenvalue weighted by Gasteiger charge is 2.30. The van der Waals surface area contributed by atoms with Crippen LogP contribution in [0.1, 0.15) is 49.5 Å². The predicted octanol–water partition coefficient (Wildman–Crippen LogP) is 6.51. The van der Waals surface area contributed by atoms with Crippen molar-refractivity contribution in [2.45, 2.75) is 46.4 Å². The van der Waals surface area contributed by atoms with Crippen molar-refractivity contribution < 1.29 is 37.3 Å². The Morgan fingerprint density at radius 1 is 1.18 bits per heavy atom. The standard InChI is InChI=1S/C20H23ClF3NO5.C4H10/c1-12(20(22,23)24)5-6-17(13(2)26)25-19(27)16-10-15(21)9-14(18(16)29-4)11-30-8-7-28-3;1-3-4-2/h5-6,9-10,26H,1,7-8,11H2,2-4H3,(H,25,27);3-4H2,1-2H3/b6-5-,17-13-;. The average Bonchev–Trinajstić information content (AvgIpc) is 2.77. The lowest BCUT2D eigenvalue weighted by Crippen LogP contribution is -2.24. The lowest BCUT2D eigenvalue weighted by molar-refractivity contribution is -0.0878. The number of aliphatic hydroxyl groups is 1. The molecule has 0 spiro atoms. The molecule has 10 heteroatoms. The molecule has 0 bridgehead atoms. The molecular weight excluding hydrogens is 475 g/mol. The van der Waals surface area contributed by atoms with Crippen LogP contribution in [0.25, 0.3) is 0 Å². The van der Waals surface area contributed by atoms with Crippen LogP contribution in [-0.4, -0.2) is 44.6 Å². The number of hydrogen-bond donors (Lipinski definition) is 2. The third kappa shape index (κ3) is 11.6. The summed E-state index contributed by atoms with van der Waals surface area (Å²) in [6.07, 6.45) is -0.461. The fraction of sp³-hybridized carbons (Fsp3) is 0.458. The van der Waals surface area contributed by atoms with Gasteiger partial charge in [-0.3, -0.25) is 4.79 Å². The molecule has 1 aromatic carbocycles. The second-order valence-electron chi connectivity index (χ2n) is 7.00. The number of aliphatic hydroxyl groups excluding tert-OH is 1. The molecule has 2 N–H and O–H groups in total. The van der Waals surface area contributed by atoms with Crippen LogP contribution in [0.5, 0.6) is 5.75 Å². The van der Waals surface area contributed by atoms with E-state index in [1.165, 1.54) is 40.1 Å². The van der Waals surface area contributed by atoms with Crippen LogP contribution in [0.3, 0.4) is 0 Å². The van der Waals surface area contributed by atoms with Gasteiger partial charge in [-0.1, -0.05) is 44.9 Å². The lowest BCUT2D eigenvalue weighted by atomic mass is 10.1. The van der Waals surface area contributed by atoms with E-state index in [9.17, 15) is 23.1 Å². The van der Waals surface area contributed by atoms with Gasteiger partial charge in [-0.2, -0.15) is 13.2 Å². The Morgan fingerprint density at radius 2 is 1.79 bits per heavy atom. The average molecular weight is 508 g/mol. The van der Waals surface area contributed by atoms with Gasteiger partial charge in [0, 0.05) is 23.3 Å². The normalized spacial score (nSPS) is 12.0. The van der Waals surface area contributed by atoms with E-state index in [2.05, 4.69) is 25.7 Å². The molecule has 6 nitrogen and oxygen atoms in total.